The highest BCUT2D eigenvalue weighted by Gasteiger charge is 2.37. The molecule has 13 N–H and O–H groups in total. The van der Waals surface area contributed by atoms with Gasteiger partial charge in [-0.15, -0.1) is 0 Å². The molecule has 0 rings (SSSR count). The van der Waals surface area contributed by atoms with Gasteiger partial charge in [-0.25, -0.2) is 4.79 Å². The minimum atomic E-state index is -1.60. The van der Waals surface area contributed by atoms with Gasteiger partial charge in [-0.1, -0.05) is 103 Å². The maximum atomic E-state index is 14.1. The molecule has 21 heteroatoms. The number of amides is 8. The van der Waals surface area contributed by atoms with E-state index in [1.165, 1.54) is 0 Å². The van der Waals surface area contributed by atoms with Gasteiger partial charge in [-0.05, 0) is 73.5 Å². The minimum absolute atomic E-state index is 0.0485. The van der Waals surface area contributed by atoms with E-state index in [2.05, 4.69) is 42.5 Å². The summed E-state index contributed by atoms with van der Waals surface area (Å²) in [4.78, 5) is 121. The summed E-state index contributed by atoms with van der Waals surface area (Å²) in [7, 11) is 0. The van der Waals surface area contributed by atoms with Crippen molar-refractivity contribution >= 4 is 53.2 Å². The third-order valence-corrected chi connectivity index (χ3v) is 11.1. The Morgan fingerprint density at radius 1 is 0.382 bits per heavy atom. The van der Waals surface area contributed by atoms with Crippen molar-refractivity contribution < 1.29 is 58.5 Å². The van der Waals surface area contributed by atoms with E-state index in [-0.39, 0.29) is 61.7 Å². The van der Waals surface area contributed by atoms with E-state index in [0.29, 0.717) is 6.42 Å². The van der Waals surface area contributed by atoms with E-state index in [0.717, 1.165) is 0 Å². The quantitative estimate of drug-likeness (QED) is 0.0429. The van der Waals surface area contributed by atoms with Gasteiger partial charge in [0, 0.05) is 0 Å². The van der Waals surface area contributed by atoms with E-state index in [1.54, 1.807) is 27.7 Å². The van der Waals surface area contributed by atoms with Gasteiger partial charge in [0.2, 0.25) is 47.3 Å². The summed E-state index contributed by atoms with van der Waals surface area (Å²) in [6, 6.07) is -11.0. The van der Waals surface area contributed by atoms with Gasteiger partial charge >= 0.3 is 5.97 Å². The molecule has 0 aromatic carbocycles. The largest absolute Gasteiger partial charge is 0.480 e. The Morgan fingerprint density at radius 2 is 0.647 bits per heavy atom. The number of aliphatic hydroxyl groups is 2. The molecule has 0 bridgehead atoms. The molecule has 0 aliphatic heterocycles. The van der Waals surface area contributed by atoms with E-state index in [9.17, 15) is 58.5 Å². The van der Waals surface area contributed by atoms with Crippen LogP contribution >= 0.6 is 0 Å². The number of hydrogen-bond donors (Lipinski definition) is 12. The van der Waals surface area contributed by atoms with Gasteiger partial charge < -0.3 is 63.6 Å². The Morgan fingerprint density at radius 3 is 0.912 bits per heavy atom. The predicted octanol–water partition coefficient (Wildman–Crippen LogP) is 0.194. The Balaban J connectivity index is 6.57. The summed E-state index contributed by atoms with van der Waals surface area (Å²) >= 11 is 0. The van der Waals surface area contributed by atoms with Crippen LogP contribution in [-0.4, -0.2) is 136 Å². The summed E-state index contributed by atoms with van der Waals surface area (Å²) in [6.45, 7) is 23.7. The van der Waals surface area contributed by atoms with Gasteiger partial charge in [-0.3, -0.25) is 38.4 Å². The van der Waals surface area contributed by atoms with Crippen LogP contribution in [0.15, 0.2) is 0 Å². The third-order valence-electron chi connectivity index (χ3n) is 11.1. The second-order valence-electron chi connectivity index (χ2n) is 20.4. The summed E-state index contributed by atoms with van der Waals surface area (Å²) < 4.78 is 0. The first kappa shape index (κ1) is 63.1. The number of rotatable bonds is 32. The van der Waals surface area contributed by atoms with Crippen LogP contribution in [0.3, 0.4) is 0 Å². The van der Waals surface area contributed by atoms with Crippen molar-refractivity contribution in [3.05, 3.63) is 0 Å². The SMILES string of the molecule is CC[C@H](C)[C@H](NC(=O)[C@H](CC(C)C)NC(=O)[C@@H](NC(=O)[C@H](CC(C)C)NC(=O)[C@H](CC(C)C)NC(=O)[C@H](CC(C)C)NC(=O)[C@H](CC(C)C)NC(=O)[C@@H](N)CO)C(C)C)C(=O)N[C@@H](CO)C(=O)O. The fraction of sp³-hybridized carbons (Fsp3) is 0.809. The van der Waals surface area contributed by atoms with Crippen LogP contribution < -0.4 is 48.3 Å². The highest BCUT2D eigenvalue weighted by Crippen LogP contribution is 2.15. The van der Waals surface area contributed by atoms with Crippen LogP contribution in [0.1, 0.15) is 135 Å². The van der Waals surface area contributed by atoms with Crippen molar-refractivity contribution in [2.24, 2.45) is 47.2 Å². The third kappa shape index (κ3) is 23.4. The van der Waals surface area contributed by atoms with Crippen molar-refractivity contribution in [3.8, 4) is 0 Å². The molecule has 0 aliphatic carbocycles. The second kappa shape index (κ2) is 31.3. The lowest BCUT2D eigenvalue weighted by molar-refractivity contribution is -0.143. The molecule has 0 aromatic rings. The highest BCUT2D eigenvalue weighted by atomic mass is 16.4. The van der Waals surface area contributed by atoms with Gasteiger partial charge in [0.15, 0.2) is 0 Å². The summed E-state index contributed by atoms with van der Waals surface area (Å²) in [5, 5.41) is 49.4. The molecular formula is C47H87N9O12. The Hall–Kier alpha value is -4.89. The van der Waals surface area contributed by atoms with Gasteiger partial charge in [0.1, 0.15) is 54.4 Å². The zero-order valence-electron chi connectivity index (χ0n) is 43.0. The molecule has 0 radical (unpaired) electrons. The molecule has 10 atom stereocenters. The minimum Gasteiger partial charge on any atom is -0.480 e. The first-order valence-corrected chi connectivity index (χ1v) is 24.1. The first-order valence-electron chi connectivity index (χ1n) is 24.1. The number of carbonyl (C=O) groups is 9. The maximum Gasteiger partial charge on any atom is 0.328 e. The van der Waals surface area contributed by atoms with E-state index in [1.807, 2.05) is 69.2 Å². The topological polar surface area (TPSA) is 337 Å². The number of aliphatic carboxylic acids is 1. The molecular weight excluding hydrogens is 883 g/mol. The van der Waals surface area contributed by atoms with Crippen LogP contribution in [0, 0.1) is 41.4 Å². The molecule has 392 valence electrons. The monoisotopic (exact) mass is 970 g/mol. The van der Waals surface area contributed by atoms with Crippen LogP contribution in [0.4, 0.5) is 0 Å². The van der Waals surface area contributed by atoms with E-state index >= 15 is 0 Å². The average molecular weight is 970 g/mol. The first-order chi connectivity index (χ1) is 31.5. The summed E-state index contributed by atoms with van der Waals surface area (Å²) in [5.74, 6) is -8.68. The Bertz CT molecular complexity index is 1660. The number of carboxylic acid groups (broad SMARTS) is 1. The van der Waals surface area contributed by atoms with E-state index < -0.39 is 133 Å². The summed E-state index contributed by atoms with van der Waals surface area (Å²) in [6.07, 6.45) is 1.22. The highest BCUT2D eigenvalue weighted by molar-refractivity contribution is 5.98. The lowest BCUT2D eigenvalue weighted by Gasteiger charge is -2.31. The van der Waals surface area contributed by atoms with Crippen LogP contribution in [-0.2, 0) is 43.2 Å². The molecule has 0 aliphatic rings. The molecule has 0 aromatic heterocycles. The van der Waals surface area contributed by atoms with Gasteiger partial charge in [0.25, 0.3) is 0 Å². The molecule has 0 saturated heterocycles. The van der Waals surface area contributed by atoms with Crippen molar-refractivity contribution in [2.45, 2.75) is 190 Å². The zero-order chi connectivity index (χ0) is 52.7. The number of nitrogens with one attached hydrogen (secondary N) is 8. The molecule has 0 saturated carbocycles. The van der Waals surface area contributed by atoms with Crippen molar-refractivity contribution in [1.29, 1.82) is 0 Å². The normalized spacial score (nSPS) is 16.1. The predicted molar refractivity (Wildman–Crippen MR) is 257 cm³/mol. The fourth-order valence-corrected chi connectivity index (χ4v) is 7.15. The molecule has 0 unspecified atom stereocenters. The van der Waals surface area contributed by atoms with Crippen LogP contribution in [0.25, 0.3) is 0 Å². The Kier molecular flexibility index (Phi) is 29.0. The van der Waals surface area contributed by atoms with Crippen molar-refractivity contribution in [1.82, 2.24) is 42.5 Å². The van der Waals surface area contributed by atoms with Crippen LogP contribution in [0.5, 0.6) is 0 Å². The summed E-state index contributed by atoms with van der Waals surface area (Å²) in [5.41, 5.74) is 5.68. The molecule has 0 heterocycles. The standard InChI is InChI=1S/C47H87N9O12/c1-15-29(14)38(46(66)54-36(22-58)47(67)68)56-44(64)35(20-27(10)11)53-45(65)37(28(12)13)55-43(63)34(19-26(8)9)52-42(62)33(18-25(6)7)51-41(61)32(17-24(4)5)50-40(60)31(16-23(2)3)49-39(59)30(48)21-57/h23-38,57-58H,15-22,48H2,1-14H3,(H,49,59)(H,50,60)(H,51,61)(H,52,62)(H,53,65)(H,54,66)(H,55,63)(H,56,64)(H,67,68)/t29-,30-,31-,32-,33-,34-,35-,36-,37-,38-/m0/s1. The number of nitrogens with two attached hydrogens (primary N) is 1. The number of carboxylic acids is 1. The van der Waals surface area contributed by atoms with Gasteiger partial charge in [0.05, 0.1) is 13.2 Å². The molecule has 8 amide bonds. The van der Waals surface area contributed by atoms with Crippen molar-refractivity contribution in [3.63, 3.8) is 0 Å². The molecule has 0 fully saturated rings. The van der Waals surface area contributed by atoms with Crippen LogP contribution in [0.2, 0.25) is 0 Å². The number of carbonyl (C=O) groups excluding carboxylic acids is 8. The number of aliphatic hydroxyl groups excluding tert-OH is 2. The average Bonchev–Trinajstić information content (AvgIpc) is 3.22. The smallest absolute Gasteiger partial charge is 0.328 e. The number of hydrogen-bond acceptors (Lipinski definition) is 12. The lowest BCUT2D eigenvalue weighted by atomic mass is 9.95. The lowest BCUT2D eigenvalue weighted by Crippen LogP contribution is -2.61. The Labute approximate surface area is 403 Å². The van der Waals surface area contributed by atoms with Gasteiger partial charge in [-0.2, -0.15) is 0 Å². The van der Waals surface area contributed by atoms with Crippen molar-refractivity contribution in [2.75, 3.05) is 13.2 Å². The molecule has 68 heavy (non-hydrogen) atoms. The van der Waals surface area contributed by atoms with E-state index in [4.69, 9.17) is 5.73 Å². The molecule has 21 nitrogen and oxygen atoms in total. The molecule has 0 spiro atoms. The fourth-order valence-electron chi connectivity index (χ4n) is 7.15. The second-order valence-corrected chi connectivity index (χ2v) is 20.4. The zero-order valence-corrected chi connectivity index (χ0v) is 43.0. The maximum absolute atomic E-state index is 14.1.